The van der Waals surface area contributed by atoms with Gasteiger partial charge in [-0.1, -0.05) is 0 Å². The molecule has 0 atom stereocenters. The van der Waals surface area contributed by atoms with E-state index in [0.29, 0.717) is 0 Å². The smallest absolute Gasteiger partial charge is 0.123 e. The monoisotopic (exact) mass is 241 g/mol. The molecule has 0 radical (unpaired) electrons. The molecule has 0 spiro atoms. The first-order chi connectivity index (χ1) is 7.47. The van der Waals surface area contributed by atoms with Crippen molar-refractivity contribution in [1.29, 1.82) is 0 Å². The lowest BCUT2D eigenvalue weighted by Gasteiger charge is -2.20. The molecule has 1 nitrogen and oxygen atoms in total. The second-order valence-corrected chi connectivity index (χ2v) is 6.00. The van der Waals surface area contributed by atoms with Gasteiger partial charge in [0.05, 0.1) is 0 Å². The summed E-state index contributed by atoms with van der Waals surface area (Å²) in [6.45, 7) is 7.53. The van der Waals surface area contributed by atoms with Crippen LogP contribution in [0.1, 0.15) is 27.2 Å². The van der Waals surface area contributed by atoms with Gasteiger partial charge in [0, 0.05) is 10.4 Å². The number of hydrogen-bond acceptors (Lipinski definition) is 2. The van der Waals surface area contributed by atoms with E-state index >= 15 is 0 Å². The quantitative estimate of drug-likeness (QED) is 0.623. The fourth-order valence-electron chi connectivity index (χ4n) is 1.26. The van der Waals surface area contributed by atoms with Crippen LogP contribution in [0.4, 0.5) is 4.39 Å². The Morgan fingerprint density at radius 3 is 2.38 bits per heavy atom. The van der Waals surface area contributed by atoms with Crippen molar-refractivity contribution in [1.82, 2.24) is 5.32 Å². The molecule has 0 fully saturated rings. The van der Waals surface area contributed by atoms with E-state index in [2.05, 4.69) is 26.1 Å². The minimum Gasteiger partial charge on any atom is -0.312 e. The van der Waals surface area contributed by atoms with Gasteiger partial charge in [-0.2, -0.15) is 0 Å². The van der Waals surface area contributed by atoms with E-state index in [0.717, 1.165) is 23.6 Å². The van der Waals surface area contributed by atoms with Crippen molar-refractivity contribution in [2.24, 2.45) is 0 Å². The van der Waals surface area contributed by atoms with Crippen LogP contribution in [0, 0.1) is 5.82 Å². The predicted molar refractivity (Wildman–Crippen MR) is 69.5 cm³/mol. The van der Waals surface area contributed by atoms with Crippen LogP contribution in [0.5, 0.6) is 0 Å². The molecule has 1 N–H and O–H groups in total. The van der Waals surface area contributed by atoms with Gasteiger partial charge in [0.25, 0.3) is 0 Å². The maximum atomic E-state index is 12.6. The zero-order valence-corrected chi connectivity index (χ0v) is 11.0. The number of thioether (sulfide) groups is 1. The highest BCUT2D eigenvalue weighted by atomic mass is 32.2. The molecular weight excluding hydrogens is 221 g/mol. The third kappa shape index (κ3) is 6.13. The van der Waals surface area contributed by atoms with Crippen LogP contribution in [-0.2, 0) is 0 Å². The zero-order valence-electron chi connectivity index (χ0n) is 10.2. The first-order valence-electron chi connectivity index (χ1n) is 5.61. The number of halogens is 1. The normalized spacial score (nSPS) is 11.8. The topological polar surface area (TPSA) is 12.0 Å². The Morgan fingerprint density at radius 1 is 1.19 bits per heavy atom. The molecule has 0 aliphatic heterocycles. The molecule has 16 heavy (non-hydrogen) atoms. The van der Waals surface area contributed by atoms with E-state index < -0.39 is 0 Å². The van der Waals surface area contributed by atoms with Gasteiger partial charge < -0.3 is 5.32 Å². The Morgan fingerprint density at radius 2 is 1.81 bits per heavy atom. The molecule has 0 amide bonds. The molecule has 1 aromatic rings. The highest BCUT2D eigenvalue weighted by Gasteiger charge is 2.06. The molecule has 0 unspecified atom stereocenters. The molecule has 0 heterocycles. The van der Waals surface area contributed by atoms with E-state index in [9.17, 15) is 4.39 Å². The summed E-state index contributed by atoms with van der Waals surface area (Å²) in [5.41, 5.74) is 0.195. The molecule has 0 saturated carbocycles. The maximum Gasteiger partial charge on any atom is 0.123 e. The molecule has 0 aliphatic carbocycles. The molecule has 3 heteroatoms. The van der Waals surface area contributed by atoms with Crippen LogP contribution in [0.2, 0.25) is 0 Å². The van der Waals surface area contributed by atoms with Gasteiger partial charge >= 0.3 is 0 Å². The zero-order chi connectivity index (χ0) is 12.0. The molecule has 90 valence electrons. The first-order valence-corrected chi connectivity index (χ1v) is 6.59. The SMILES string of the molecule is CC(C)(C)NCCCSc1ccc(F)cc1. The number of nitrogens with one attached hydrogen (secondary N) is 1. The van der Waals surface area contributed by atoms with Crippen molar-refractivity contribution < 1.29 is 4.39 Å². The molecule has 0 saturated heterocycles. The first kappa shape index (κ1) is 13.5. The summed E-state index contributed by atoms with van der Waals surface area (Å²) in [7, 11) is 0. The van der Waals surface area contributed by atoms with Crippen LogP contribution in [-0.4, -0.2) is 17.8 Å². The fraction of sp³-hybridized carbons (Fsp3) is 0.538. The molecule has 0 aliphatic rings. The summed E-state index contributed by atoms with van der Waals surface area (Å²) >= 11 is 1.77. The van der Waals surface area contributed by atoms with Gasteiger partial charge in [0.2, 0.25) is 0 Å². The largest absolute Gasteiger partial charge is 0.312 e. The van der Waals surface area contributed by atoms with Gasteiger partial charge in [-0.3, -0.25) is 0 Å². The average molecular weight is 241 g/mol. The minimum atomic E-state index is -0.168. The third-order valence-electron chi connectivity index (χ3n) is 2.06. The summed E-state index contributed by atoms with van der Waals surface area (Å²) in [4.78, 5) is 1.14. The number of benzene rings is 1. The van der Waals surface area contributed by atoms with E-state index in [4.69, 9.17) is 0 Å². The van der Waals surface area contributed by atoms with Gasteiger partial charge in [-0.05, 0) is 63.8 Å². The molecule has 0 aromatic heterocycles. The summed E-state index contributed by atoms with van der Waals surface area (Å²) in [6.07, 6.45) is 1.12. The molecule has 1 aromatic carbocycles. The van der Waals surface area contributed by atoms with Crippen molar-refractivity contribution >= 4 is 11.8 Å². The van der Waals surface area contributed by atoms with Crippen LogP contribution >= 0.6 is 11.8 Å². The van der Waals surface area contributed by atoms with Gasteiger partial charge in [0.1, 0.15) is 5.82 Å². The van der Waals surface area contributed by atoms with Crippen molar-refractivity contribution in [2.45, 2.75) is 37.6 Å². The van der Waals surface area contributed by atoms with E-state index in [1.165, 1.54) is 12.1 Å². The van der Waals surface area contributed by atoms with Gasteiger partial charge in [-0.15, -0.1) is 11.8 Å². The highest BCUT2D eigenvalue weighted by molar-refractivity contribution is 7.99. The lowest BCUT2D eigenvalue weighted by molar-refractivity contribution is 0.427. The summed E-state index contributed by atoms with van der Waals surface area (Å²) in [5, 5.41) is 3.44. The van der Waals surface area contributed by atoms with Crippen molar-refractivity contribution in [3.05, 3.63) is 30.1 Å². The van der Waals surface area contributed by atoms with Crippen molar-refractivity contribution in [2.75, 3.05) is 12.3 Å². The Balaban J connectivity index is 2.14. The average Bonchev–Trinajstić information content (AvgIpc) is 2.19. The Kier molecular flexibility index (Phi) is 5.29. The summed E-state index contributed by atoms with van der Waals surface area (Å²) in [6, 6.07) is 6.68. The maximum absolute atomic E-state index is 12.6. The molecular formula is C13H20FNS. The second kappa shape index (κ2) is 6.26. The summed E-state index contributed by atoms with van der Waals surface area (Å²) < 4.78 is 12.6. The van der Waals surface area contributed by atoms with Crippen molar-refractivity contribution in [3.63, 3.8) is 0 Å². The van der Waals surface area contributed by atoms with Crippen molar-refractivity contribution in [3.8, 4) is 0 Å². The minimum absolute atomic E-state index is 0.168. The number of hydrogen-bond donors (Lipinski definition) is 1. The van der Waals surface area contributed by atoms with Crippen LogP contribution in [0.15, 0.2) is 29.2 Å². The Hall–Kier alpha value is -0.540. The molecule has 0 bridgehead atoms. The Labute approximate surface area is 102 Å². The third-order valence-corrected chi connectivity index (χ3v) is 3.16. The standard InChI is InChI=1S/C13H20FNS/c1-13(2,3)15-9-4-10-16-12-7-5-11(14)6-8-12/h5-8,15H,4,9-10H2,1-3H3. The van der Waals surface area contributed by atoms with E-state index in [1.54, 1.807) is 11.8 Å². The van der Waals surface area contributed by atoms with Gasteiger partial charge in [-0.25, -0.2) is 4.39 Å². The van der Waals surface area contributed by atoms with E-state index in [-0.39, 0.29) is 11.4 Å². The highest BCUT2D eigenvalue weighted by Crippen LogP contribution is 2.18. The van der Waals surface area contributed by atoms with E-state index in [1.807, 2.05) is 12.1 Å². The van der Waals surface area contributed by atoms with Crippen LogP contribution in [0.3, 0.4) is 0 Å². The van der Waals surface area contributed by atoms with Crippen LogP contribution in [0.25, 0.3) is 0 Å². The van der Waals surface area contributed by atoms with Crippen LogP contribution < -0.4 is 5.32 Å². The van der Waals surface area contributed by atoms with Gasteiger partial charge in [0.15, 0.2) is 0 Å². The Bertz CT molecular complexity index is 303. The second-order valence-electron chi connectivity index (χ2n) is 4.83. The predicted octanol–water partition coefficient (Wildman–Crippen LogP) is 3.70. The molecule has 1 rings (SSSR count). The lowest BCUT2D eigenvalue weighted by atomic mass is 10.1. The lowest BCUT2D eigenvalue weighted by Crippen LogP contribution is -2.36. The summed E-state index contributed by atoms with van der Waals surface area (Å²) in [5.74, 6) is 0.896. The number of rotatable bonds is 5. The fourth-order valence-corrected chi connectivity index (χ4v) is 2.11.